The number of hydrogen-bond acceptors (Lipinski definition) is 4. The molecule has 0 saturated carbocycles. The first-order valence-corrected chi connectivity index (χ1v) is 14.1. The van der Waals surface area contributed by atoms with Crippen molar-refractivity contribution >= 4 is 39.1 Å². The normalized spacial score (nSPS) is 15.0. The first kappa shape index (κ1) is 26.6. The van der Waals surface area contributed by atoms with Crippen LogP contribution >= 0.6 is 23.2 Å². The van der Waals surface area contributed by atoms with Crippen molar-refractivity contribution in [2.45, 2.75) is 17.9 Å². The fourth-order valence-electron chi connectivity index (χ4n) is 4.55. The smallest absolute Gasteiger partial charge is 0.245 e. The molecule has 1 saturated heterocycles. The van der Waals surface area contributed by atoms with Crippen molar-refractivity contribution in [3.8, 4) is 0 Å². The van der Waals surface area contributed by atoms with E-state index in [-0.39, 0.29) is 40.0 Å². The monoisotopic (exact) mass is 545 g/mol. The number of likely N-dealkylation sites (N-methyl/N-ethyl adjacent to an activating group) is 1. The molecule has 0 bridgehead atoms. The van der Waals surface area contributed by atoms with E-state index in [4.69, 9.17) is 23.2 Å². The van der Waals surface area contributed by atoms with Gasteiger partial charge in [0.2, 0.25) is 15.9 Å². The van der Waals surface area contributed by atoms with Crippen LogP contribution in [-0.2, 0) is 14.8 Å². The predicted octanol–water partition coefficient (Wildman–Crippen LogP) is 4.94. The van der Waals surface area contributed by atoms with Crippen molar-refractivity contribution in [1.82, 2.24) is 14.1 Å². The average Bonchev–Trinajstić information content (AvgIpc) is 2.90. The molecule has 0 atom stereocenters. The third-order valence-electron chi connectivity index (χ3n) is 6.44. The number of carbonyl (C=O) groups is 1. The standard InChI is InChI=1S/C27H29Cl2N3O3S/c1-2-32(36(34,35)25-19-23(28)13-14-24(25)29)20-26(33)30-15-17-31(18-16-30)27(21-9-5-3-6-10-21)22-11-7-4-8-12-22/h3-14,19,27H,2,15-18,20H2,1H3. The Balaban J connectivity index is 1.45. The van der Waals surface area contributed by atoms with E-state index in [1.165, 1.54) is 29.3 Å². The first-order valence-electron chi connectivity index (χ1n) is 11.9. The van der Waals surface area contributed by atoms with Gasteiger partial charge < -0.3 is 4.90 Å². The van der Waals surface area contributed by atoms with Crippen molar-refractivity contribution in [2.24, 2.45) is 0 Å². The lowest BCUT2D eigenvalue weighted by Crippen LogP contribution is -2.52. The van der Waals surface area contributed by atoms with Crippen molar-refractivity contribution in [3.63, 3.8) is 0 Å². The third kappa shape index (κ3) is 5.93. The summed E-state index contributed by atoms with van der Waals surface area (Å²) in [5, 5.41) is 0.342. The molecule has 1 amide bonds. The predicted molar refractivity (Wildman–Crippen MR) is 144 cm³/mol. The molecule has 0 spiro atoms. The molecule has 36 heavy (non-hydrogen) atoms. The molecule has 4 rings (SSSR count). The number of nitrogens with zero attached hydrogens (tertiary/aromatic N) is 3. The van der Waals surface area contributed by atoms with Gasteiger partial charge in [0.15, 0.2) is 0 Å². The van der Waals surface area contributed by atoms with Crippen LogP contribution in [-0.4, -0.2) is 67.7 Å². The van der Waals surface area contributed by atoms with Crippen LogP contribution in [0.4, 0.5) is 0 Å². The molecule has 0 aromatic heterocycles. The van der Waals surface area contributed by atoms with Gasteiger partial charge in [0.05, 0.1) is 17.6 Å². The molecule has 1 fully saturated rings. The Morgan fingerprint density at radius 2 is 1.44 bits per heavy atom. The van der Waals surface area contributed by atoms with E-state index in [0.717, 1.165) is 4.31 Å². The second-order valence-electron chi connectivity index (χ2n) is 8.65. The van der Waals surface area contributed by atoms with E-state index < -0.39 is 10.0 Å². The number of amides is 1. The van der Waals surface area contributed by atoms with Crippen molar-refractivity contribution in [1.29, 1.82) is 0 Å². The lowest BCUT2D eigenvalue weighted by atomic mass is 9.96. The highest BCUT2D eigenvalue weighted by Gasteiger charge is 2.32. The highest BCUT2D eigenvalue weighted by atomic mass is 35.5. The minimum atomic E-state index is -3.98. The quantitative estimate of drug-likeness (QED) is 0.402. The van der Waals surface area contributed by atoms with Gasteiger partial charge in [-0.2, -0.15) is 4.31 Å². The molecule has 0 unspecified atom stereocenters. The number of hydrogen-bond donors (Lipinski definition) is 0. The minimum absolute atomic E-state index is 0.0757. The summed E-state index contributed by atoms with van der Waals surface area (Å²) in [7, 11) is -3.98. The van der Waals surface area contributed by atoms with Crippen LogP contribution < -0.4 is 0 Å². The van der Waals surface area contributed by atoms with E-state index >= 15 is 0 Å². The van der Waals surface area contributed by atoms with Crippen molar-refractivity contribution in [3.05, 3.63) is 100 Å². The van der Waals surface area contributed by atoms with Crippen LogP contribution in [0.1, 0.15) is 24.1 Å². The summed E-state index contributed by atoms with van der Waals surface area (Å²) in [5.74, 6) is -0.228. The lowest BCUT2D eigenvalue weighted by Gasteiger charge is -2.40. The van der Waals surface area contributed by atoms with Gasteiger partial charge in [-0.25, -0.2) is 8.42 Å². The van der Waals surface area contributed by atoms with E-state index in [1.807, 2.05) is 36.4 Å². The summed E-state index contributed by atoms with van der Waals surface area (Å²) in [6, 6.07) is 25.0. The maximum atomic E-state index is 13.2. The Kier molecular flexibility index (Phi) is 8.70. The highest BCUT2D eigenvalue weighted by molar-refractivity contribution is 7.89. The number of carbonyl (C=O) groups excluding carboxylic acids is 1. The largest absolute Gasteiger partial charge is 0.339 e. The first-order chi connectivity index (χ1) is 17.3. The molecular formula is C27H29Cl2N3O3S. The molecule has 0 radical (unpaired) electrons. The fourth-order valence-corrected chi connectivity index (χ4v) is 6.68. The highest BCUT2D eigenvalue weighted by Crippen LogP contribution is 2.30. The van der Waals surface area contributed by atoms with E-state index in [0.29, 0.717) is 26.2 Å². The van der Waals surface area contributed by atoms with Gasteiger partial charge in [-0.15, -0.1) is 0 Å². The number of rotatable bonds is 8. The van der Waals surface area contributed by atoms with Gasteiger partial charge in [0, 0.05) is 37.7 Å². The van der Waals surface area contributed by atoms with Crippen LogP contribution in [0, 0.1) is 0 Å². The van der Waals surface area contributed by atoms with Gasteiger partial charge >= 0.3 is 0 Å². The van der Waals surface area contributed by atoms with Gasteiger partial charge in [0.1, 0.15) is 4.90 Å². The Morgan fingerprint density at radius 3 is 1.97 bits per heavy atom. The number of halogens is 2. The Hall–Kier alpha value is -2.42. The van der Waals surface area contributed by atoms with E-state index in [2.05, 4.69) is 29.2 Å². The van der Waals surface area contributed by atoms with Crippen LogP contribution in [0.5, 0.6) is 0 Å². The second kappa shape index (κ2) is 11.8. The maximum Gasteiger partial charge on any atom is 0.245 e. The summed E-state index contributed by atoms with van der Waals surface area (Å²) >= 11 is 12.2. The van der Waals surface area contributed by atoms with Gasteiger partial charge in [0.25, 0.3) is 0 Å². The lowest BCUT2D eigenvalue weighted by molar-refractivity contribution is -0.133. The average molecular weight is 547 g/mol. The molecule has 190 valence electrons. The molecule has 9 heteroatoms. The number of piperazine rings is 1. The summed E-state index contributed by atoms with van der Waals surface area (Å²) in [4.78, 5) is 17.2. The molecule has 1 aliphatic heterocycles. The van der Waals surface area contributed by atoms with Crippen molar-refractivity contribution in [2.75, 3.05) is 39.3 Å². The maximum absolute atomic E-state index is 13.2. The fraction of sp³-hybridized carbons (Fsp3) is 0.296. The van der Waals surface area contributed by atoms with Gasteiger partial charge in [-0.05, 0) is 29.3 Å². The number of benzene rings is 3. The molecule has 0 aliphatic carbocycles. The molecule has 3 aromatic carbocycles. The summed E-state index contributed by atoms with van der Waals surface area (Å²) in [6.07, 6.45) is 0. The van der Waals surface area contributed by atoms with Gasteiger partial charge in [-0.1, -0.05) is 90.8 Å². The molecule has 1 heterocycles. The third-order valence-corrected chi connectivity index (χ3v) is 9.08. The van der Waals surface area contributed by atoms with Crippen molar-refractivity contribution < 1.29 is 13.2 Å². The van der Waals surface area contributed by atoms with Crippen LogP contribution in [0.3, 0.4) is 0 Å². The van der Waals surface area contributed by atoms with Crippen LogP contribution in [0.15, 0.2) is 83.8 Å². The summed E-state index contributed by atoms with van der Waals surface area (Å²) in [6.45, 7) is 3.99. The molecule has 0 N–H and O–H groups in total. The molecule has 1 aliphatic rings. The molecule has 6 nitrogen and oxygen atoms in total. The Bertz CT molecular complexity index is 1240. The zero-order chi connectivity index (χ0) is 25.7. The SMILES string of the molecule is CCN(CC(=O)N1CCN(C(c2ccccc2)c2ccccc2)CC1)S(=O)(=O)c1cc(Cl)ccc1Cl. The summed E-state index contributed by atoms with van der Waals surface area (Å²) in [5.41, 5.74) is 2.40. The van der Waals surface area contributed by atoms with Crippen LogP contribution in [0.25, 0.3) is 0 Å². The topological polar surface area (TPSA) is 60.9 Å². The zero-order valence-electron chi connectivity index (χ0n) is 20.1. The summed E-state index contributed by atoms with van der Waals surface area (Å²) < 4.78 is 27.6. The zero-order valence-corrected chi connectivity index (χ0v) is 22.4. The minimum Gasteiger partial charge on any atom is -0.339 e. The van der Waals surface area contributed by atoms with Gasteiger partial charge in [-0.3, -0.25) is 9.69 Å². The molecular weight excluding hydrogens is 517 g/mol. The van der Waals surface area contributed by atoms with E-state index in [1.54, 1.807) is 11.8 Å². The Labute approximate surface area is 223 Å². The second-order valence-corrected chi connectivity index (χ2v) is 11.4. The Morgan fingerprint density at radius 1 is 0.889 bits per heavy atom. The van der Waals surface area contributed by atoms with Crippen LogP contribution in [0.2, 0.25) is 10.0 Å². The van der Waals surface area contributed by atoms with E-state index in [9.17, 15) is 13.2 Å². The number of sulfonamides is 1. The molecule has 3 aromatic rings.